The molecule has 6 heteroatoms. The van der Waals surface area contributed by atoms with Gasteiger partial charge in [-0.3, -0.25) is 9.78 Å². The van der Waals surface area contributed by atoms with E-state index >= 15 is 0 Å². The van der Waals surface area contributed by atoms with Crippen molar-refractivity contribution in [2.24, 2.45) is 0 Å². The summed E-state index contributed by atoms with van der Waals surface area (Å²) in [5.41, 5.74) is 2.73. The minimum Gasteiger partial charge on any atom is -0.491 e. The lowest BCUT2D eigenvalue weighted by Crippen LogP contribution is -2.37. The summed E-state index contributed by atoms with van der Waals surface area (Å²) >= 11 is 0. The number of amides is 1. The lowest BCUT2D eigenvalue weighted by molar-refractivity contribution is 0.0695. The Morgan fingerprint density at radius 2 is 1.76 bits per heavy atom. The van der Waals surface area contributed by atoms with E-state index in [1.54, 1.807) is 6.92 Å². The van der Waals surface area contributed by atoms with E-state index in [4.69, 9.17) is 9.84 Å². The van der Waals surface area contributed by atoms with Gasteiger partial charge in [-0.2, -0.15) is 0 Å². The fourth-order valence-electron chi connectivity index (χ4n) is 2.55. The molecule has 2 aromatic rings. The van der Waals surface area contributed by atoms with Crippen LogP contribution in [0.4, 0.5) is 0 Å². The van der Waals surface area contributed by atoms with Gasteiger partial charge < -0.3 is 15.2 Å². The third-order valence-electron chi connectivity index (χ3n) is 3.95. The van der Waals surface area contributed by atoms with Crippen LogP contribution in [-0.2, 0) is 0 Å². The first-order chi connectivity index (χ1) is 11.8. The van der Waals surface area contributed by atoms with Gasteiger partial charge in [0, 0.05) is 12.4 Å². The summed E-state index contributed by atoms with van der Waals surface area (Å²) < 4.78 is 5.83. The summed E-state index contributed by atoms with van der Waals surface area (Å²) in [6, 6.07) is 5.66. The highest BCUT2D eigenvalue weighted by atomic mass is 16.5. The van der Waals surface area contributed by atoms with Crippen LogP contribution in [0, 0.1) is 20.8 Å². The monoisotopic (exact) mass is 342 g/mol. The maximum Gasteiger partial charge on any atom is 0.337 e. The average molecular weight is 342 g/mol. The number of carboxylic acids is 1. The zero-order chi connectivity index (χ0) is 18.6. The molecule has 2 rings (SSSR count). The third-order valence-corrected chi connectivity index (χ3v) is 3.95. The van der Waals surface area contributed by atoms with Crippen molar-refractivity contribution in [1.82, 2.24) is 10.3 Å². The van der Waals surface area contributed by atoms with Crippen LogP contribution < -0.4 is 10.1 Å². The van der Waals surface area contributed by atoms with Crippen LogP contribution in [0.15, 0.2) is 30.6 Å². The van der Waals surface area contributed by atoms with E-state index in [2.05, 4.69) is 10.3 Å². The number of benzene rings is 1. The number of carboxylic acid groups (broad SMARTS) is 1. The lowest BCUT2D eigenvalue weighted by atomic mass is 10.1. The Morgan fingerprint density at radius 3 is 2.36 bits per heavy atom. The van der Waals surface area contributed by atoms with Gasteiger partial charge in [0.1, 0.15) is 12.4 Å². The molecule has 132 valence electrons. The second-order valence-corrected chi connectivity index (χ2v) is 6.07. The van der Waals surface area contributed by atoms with Crippen molar-refractivity contribution in [3.8, 4) is 5.75 Å². The summed E-state index contributed by atoms with van der Waals surface area (Å²) in [7, 11) is 0. The standard InChI is InChI=1S/C19H22N2O4/c1-11-6-5-7-12(2)17(11)25-10-13(3)21-18(22)15-8-20-9-16(14(15)4)19(23)24/h5-9,13H,10H2,1-4H3,(H,21,22)(H,23,24). The molecule has 0 saturated carbocycles. The number of pyridine rings is 1. The van der Waals surface area contributed by atoms with Gasteiger partial charge in [0.2, 0.25) is 0 Å². The number of nitrogens with zero attached hydrogens (tertiary/aromatic N) is 1. The quantitative estimate of drug-likeness (QED) is 0.843. The normalized spacial score (nSPS) is 11.7. The van der Waals surface area contributed by atoms with E-state index in [0.717, 1.165) is 16.9 Å². The SMILES string of the molecule is Cc1cccc(C)c1OCC(C)NC(=O)c1cncc(C(=O)O)c1C. The van der Waals surface area contributed by atoms with E-state index in [1.807, 2.05) is 39.0 Å². The molecule has 0 saturated heterocycles. The summed E-state index contributed by atoms with van der Waals surface area (Å²) in [6.07, 6.45) is 2.61. The van der Waals surface area contributed by atoms with Crippen molar-refractivity contribution in [1.29, 1.82) is 0 Å². The minimum atomic E-state index is -1.11. The Bertz CT molecular complexity index is 782. The molecule has 1 amide bonds. The predicted octanol–water partition coefficient (Wildman–Crippen LogP) is 2.90. The topological polar surface area (TPSA) is 88.5 Å². The highest BCUT2D eigenvalue weighted by molar-refractivity contribution is 5.99. The van der Waals surface area contributed by atoms with Crippen LogP contribution in [0.25, 0.3) is 0 Å². The number of hydrogen-bond acceptors (Lipinski definition) is 4. The molecule has 1 aromatic heterocycles. The van der Waals surface area contributed by atoms with Crippen molar-refractivity contribution < 1.29 is 19.4 Å². The van der Waals surface area contributed by atoms with E-state index < -0.39 is 5.97 Å². The van der Waals surface area contributed by atoms with Crippen LogP contribution in [0.3, 0.4) is 0 Å². The molecule has 0 spiro atoms. The molecule has 0 aliphatic carbocycles. The summed E-state index contributed by atoms with van der Waals surface area (Å²) in [5.74, 6) is -0.661. The fourth-order valence-corrected chi connectivity index (χ4v) is 2.55. The van der Waals surface area contributed by atoms with Crippen LogP contribution >= 0.6 is 0 Å². The van der Waals surface area contributed by atoms with Crippen molar-refractivity contribution >= 4 is 11.9 Å². The molecule has 0 radical (unpaired) electrons. The Balaban J connectivity index is 2.04. The van der Waals surface area contributed by atoms with Crippen molar-refractivity contribution in [3.05, 3.63) is 58.4 Å². The number of nitrogens with one attached hydrogen (secondary N) is 1. The molecule has 0 aliphatic rings. The lowest BCUT2D eigenvalue weighted by Gasteiger charge is -2.18. The molecular weight excluding hydrogens is 320 g/mol. The number of aromatic nitrogens is 1. The average Bonchev–Trinajstić information content (AvgIpc) is 2.54. The third kappa shape index (κ3) is 4.35. The largest absolute Gasteiger partial charge is 0.491 e. The molecule has 1 heterocycles. The van der Waals surface area contributed by atoms with Crippen LogP contribution in [0.5, 0.6) is 5.75 Å². The zero-order valence-electron chi connectivity index (χ0n) is 14.8. The fraction of sp³-hybridized carbons (Fsp3) is 0.316. The molecule has 0 bridgehead atoms. The van der Waals surface area contributed by atoms with E-state index in [1.165, 1.54) is 12.4 Å². The number of ether oxygens (including phenoxy) is 1. The van der Waals surface area contributed by atoms with Gasteiger partial charge in [0.05, 0.1) is 17.2 Å². The molecule has 1 atom stereocenters. The van der Waals surface area contributed by atoms with Gasteiger partial charge in [-0.15, -0.1) is 0 Å². The van der Waals surface area contributed by atoms with Gasteiger partial charge in [-0.25, -0.2) is 4.79 Å². The highest BCUT2D eigenvalue weighted by Gasteiger charge is 2.18. The number of hydrogen-bond donors (Lipinski definition) is 2. The smallest absolute Gasteiger partial charge is 0.337 e. The summed E-state index contributed by atoms with van der Waals surface area (Å²) in [5, 5.41) is 11.9. The molecule has 0 fully saturated rings. The molecule has 1 aromatic carbocycles. The number of rotatable bonds is 6. The van der Waals surface area contributed by atoms with Crippen molar-refractivity contribution in [2.45, 2.75) is 33.7 Å². The number of carbonyl (C=O) groups is 2. The summed E-state index contributed by atoms with van der Waals surface area (Å²) in [4.78, 5) is 27.4. The zero-order valence-corrected chi connectivity index (χ0v) is 14.8. The number of aryl methyl sites for hydroxylation is 2. The van der Waals surface area contributed by atoms with Crippen molar-refractivity contribution in [3.63, 3.8) is 0 Å². The molecule has 0 aliphatic heterocycles. The number of aromatic carboxylic acids is 1. The first-order valence-electron chi connectivity index (χ1n) is 7.99. The molecule has 6 nitrogen and oxygen atoms in total. The maximum absolute atomic E-state index is 12.4. The Labute approximate surface area is 146 Å². The molecule has 25 heavy (non-hydrogen) atoms. The second-order valence-electron chi connectivity index (χ2n) is 6.07. The first kappa shape index (κ1) is 18.4. The second kappa shape index (κ2) is 7.79. The minimum absolute atomic E-state index is 0.0205. The number of para-hydroxylation sites is 1. The predicted molar refractivity (Wildman–Crippen MR) is 94.3 cm³/mol. The Hall–Kier alpha value is -2.89. The first-order valence-corrected chi connectivity index (χ1v) is 7.99. The van der Waals surface area contributed by atoms with Gasteiger partial charge in [0.25, 0.3) is 5.91 Å². The maximum atomic E-state index is 12.4. The van der Waals surface area contributed by atoms with Gasteiger partial charge >= 0.3 is 5.97 Å². The van der Waals surface area contributed by atoms with E-state index in [9.17, 15) is 9.59 Å². The molecule has 1 unspecified atom stereocenters. The van der Waals surface area contributed by atoms with Gasteiger partial charge in [-0.1, -0.05) is 18.2 Å². The van der Waals surface area contributed by atoms with Crippen molar-refractivity contribution in [2.75, 3.05) is 6.61 Å². The Kier molecular flexibility index (Phi) is 5.75. The molecular formula is C19H22N2O4. The Morgan fingerprint density at radius 1 is 1.16 bits per heavy atom. The molecule has 2 N–H and O–H groups in total. The highest BCUT2D eigenvalue weighted by Crippen LogP contribution is 2.22. The van der Waals surface area contributed by atoms with E-state index in [0.29, 0.717) is 12.2 Å². The van der Waals surface area contributed by atoms with Gasteiger partial charge in [0.15, 0.2) is 0 Å². The summed E-state index contributed by atoms with van der Waals surface area (Å²) in [6.45, 7) is 7.67. The van der Waals surface area contributed by atoms with E-state index in [-0.39, 0.29) is 23.1 Å². The van der Waals surface area contributed by atoms with Crippen LogP contribution in [0.1, 0.15) is 44.3 Å². The van der Waals surface area contributed by atoms with Gasteiger partial charge in [-0.05, 0) is 44.4 Å². The number of carbonyl (C=O) groups excluding carboxylic acids is 1. The van der Waals surface area contributed by atoms with Crippen LogP contribution in [-0.4, -0.2) is 34.6 Å². The van der Waals surface area contributed by atoms with Crippen LogP contribution in [0.2, 0.25) is 0 Å².